The van der Waals surface area contributed by atoms with Gasteiger partial charge >= 0.3 is 6.03 Å². The van der Waals surface area contributed by atoms with Gasteiger partial charge in [-0.25, -0.2) is 4.79 Å². The molecule has 2 N–H and O–H groups in total. The van der Waals surface area contributed by atoms with Crippen LogP contribution < -0.4 is 5.32 Å². The third kappa shape index (κ3) is 3.76. The van der Waals surface area contributed by atoms with E-state index in [0.717, 1.165) is 19.4 Å². The van der Waals surface area contributed by atoms with Crippen LogP contribution in [0, 0.1) is 5.92 Å². The Morgan fingerprint density at radius 2 is 2.14 bits per heavy atom. The number of benzene rings is 1. The largest absolute Gasteiger partial charge is 0.394 e. The quantitative estimate of drug-likeness (QED) is 0.876. The first-order valence-electron chi connectivity index (χ1n) is 7.87. The maximum absolute atomic E-state index is 12.3. The Kier molecular flexibility index (Phi) is 5.62. The molecule has 0 spiro atoms. The molecule has 0 radical (unpaired) electrons. The van der Waals surface area contributed by atoms with Gasteiger partial charge in [0.2, 0.25) is 0 Å². The number of hydrogen-bond acceptors (Lipinski definition) is 2. The fraction of sp³-hybridized carbons (Fsp3) is 0.588. The van der Waals surface area contributed by atoms with Crippen molar-refractivity contribution in [1.29, 1.82) is 0 Å². The Balaban J connectivity index is 1.91. The van der Waals surface area contributed by atoms with Crippen molar-refractivity contribution in [3.8, 4) is 0 Å². The molecule has 0 unspecified atom stereocenters. The number of nitrogens with one attached hydrogen (secondary N) is 1. The molecule has 1 aromatic rings. The van der Waals surface area contributed by atoms with Gasteiger partial charge in [-0.3, -0.25) is 0 Å². The summed E-state index contributed by atoms with van der Waals surface area (Å²) in [7, 11) is 0. The fourth-order valence-electron chi connectivity index (χ4n) is 3.07. The number of carbonyl (C=O) groups is 1. The molecule has 1 heterocycles. The molecule has 0 bridgehead atoms. The second-order valence-electron chi connectivity index (χ2n) is 5.91. The van der Waals surface area contributed by atoms with Crippen molar-refractivity contribution in [3.63, 3.8) is 0 Å². The zero-order chi connectivity index (χ0) is 15.2. The van der Waals surface area contributed by atoms with Crippen LogP contribution in [0.1, 0.15) is 38.2 Å². The number of urea groups is 1. The van der Waals surface area contributed by atoms with E-state index in [1.54, 1.807) is 4.90 Å². The minimum atomic E-state index is -0.0484. The average Bonchev–Trinajstić information content (AvgIpc) is 2.89. The molecule has 0 aliphatic carbocycles. The van der Waals surface area contributed by atoms with E-state index >= 15 is 0 Å². The van der Waals surface area contributed by atoms with Crippen molar-refractivity contribution in [3.05, 3.63) is 35.9 Å². The number of rotatable bonds is 5. The summed E-state index contributed by atoms with van der Waals surface area (Å²) in [5.74, 6) is 0.708. The normalized spacial score (nSPS) is 23.1. The van der Waals surface area contributed by atoms with E-state index in [0.29, 0.717) is 18.4 Å². The first-order chi connectivity index (χ1) is 10.2. The number of aliphatic hydroxyl groups excluding tert-OH is 1. The molecule has 1 saturated heterocycles. The molecule has 116 valence electrons. The summed E-state index contributed by atoms with van der Waals surface area (Å²) in [6, 6.07) is 10.2. The topological polar surface area (TPSA) is 52.6 Å². The number of aliphatic hydroxyl groups is 1. The predicted octanol–water partition coefficient (Wildman–Crippen LogP) is 2.59. The van der Waals surface area contributed by atoms with Crippen LogP contribution in [0.2, 0.25) is 0 Å². The number of likely N-dealkylation sites (tertiary alicyclic amines) is 1. The number of carbonyl (C=O) groups excluding carboxylic acids is 1. The maximum Gasteiger partial charge on any atom is 0.317 e. The first-order valence-corrected chi connectivity index (χ1v) is 7.87. The lowest BCUT2D eigenvalue weighted by atomic mass is 9.96. The van der Waals surface area contributed by atoms with E-state index < -0.39 is 0 Å². The summed E-state index contributed by atoms with van der Waals surface area (Å²) in [4.78, 5) is 14.1. The molecule has 1 aliphatic rings. The summed E-state index contributed by atoms with van der Waals surface area (Å²) in [6.07, 6.45) is 1.96. The SMILES string of the molecule is CC[C@H](CNC(=O)N1CC[C@@H](C)[C@H]1CO)c1ccccc1. The summed E-state index contributed by atoms with van der Waals surface area (Å²) >= 11 is 0. The fourth-order valence-corrected chi connectivity index (χ4v) is 3.07. The third-order valence-electron chi connectivity index (χ3n) is 4.59. The van der Waals surface area contributed by atoms with E-state index in [1.807, 2.05) is 18.2 Å². The molecular weight excluding hydrogens is 264 g/mol. The molecule has 1 aromatic carbocycles. The van der Waals surface area contributed by atoms with Crippen LogP contribution in [0.5, 0.6) is 0 Å². The summed E-state index contributed by atoms with van der Waals surface area (Å²) in [5, 5.41) is 12.5. The summed E-state index contributed by atoms with van der Waals surface area (Å²) < 4.78 is 0. The molecule has 0 saturated carbocycles. The second kappa shape index (κ2) is 7.46. The van der Waals surface area contributed by atoms with Crippen molar-refractivity contribution in [2.45, 2.75) is 38.6 Å². The Hall–Kier alpha value is -1.55. The van der Waals surface area contributed by atoms with Gasteiger partial charge in [0.15, 0.2) is 0 Å². The minimum absolute atomic E-state index is 0.0400. The van der Waals surface area contributed by atoms with Crippen LogP contribution >= 0.6 is 0 Å². The zero-order valence-electron chi connectivity index (χ0n) is 13.0. The van der Waals surface area contributed by atoms with Crippen LogP contribution in [-0.2, 0) is 0 Å². The Labute approximate surface area is 127 Å². The number of hydrogen-bond donors (Lipinski definition) is 2. The van der Waals surface area contributed by atoms with Crippen molar-refractivity contribution < 1.29 is 9.90 Å². The predicted molar refractivity (Wildman–Crippen MR) is 84.2 cm³/mol. The van der Waals surface area contributed by atoms with Crippen LogP contribution in [-0.4, -0.2) is 41.8 Å². The molecule has 3 atom stereocenters. The molecule has 2 amide bonds. The van der Waals surface area contributed by atoms with E-state index in [9.17, 15) is 9.90 Å². The molecule has 4 nitrogen and oxygen atoms in total. The molecular formula is C17H26N2O2. The van der Waals surface area contributed by atoms with Gasteiger partial charge in [0.1, 0.15) is 0 Å². The van der Waals surface area contributed by atoms with E-state index in [4.69, 9.17) is 0 Å². The molecule has 1 aliphatic heterocycles. The smallest absolute Gasteiger partial charge is 0.317 e. The molecule has 4 heteroatoms. The van der Waals surface area contributed by atoms with Crippen molar-refractivity contribution in [1.82, 2.24) is 10.2 Å². The molecule has 0 aromatic heterocycles. The van der Waals surface area contributed by atoms with Gasteiger partial charge in [-0.05, 0) is 24.3 Å². The Bertz CT molecular complexity index is 449. The van der Waals surface area contributed by atoms with Crippen LogP contribution in [0.25, 0.3) is 0 Å². The highest BCUT2D eigenvalue weighted by Crippen LogP contribution is 2.24. The van der Waals surface area contributed by atoms with Gasteiger partial charge in [-0.2, -0.15) is 0 Å². The summed E-state index contributed by atoms with van der Waals surface area (Å²) in [5.41, 5.74) is 1.26. The lowest BCUT2D eigenvalue weighted by Crippen LogP contribution is -2.46. The van der Waals surface area contributed by atoms with E-state index in [1.165, 1.54) is 5.56 Å². The lowest BCUT2D eigenvalue weighted by Gasteiger charge is -2.26. The highest BCUT2D eigenvalue weighted by Gasteiger charge is 2.33. The van der Waals surface area contributed by atoms with Crippen LogP contribution in [0.3, 0.4) is 0 Å². The van der Waals surface area contributed by atoms with Gasteiger partial charge in [0.25, 0.3) is 0 Å². The number of amides is 2. The lowest BCUT2D eigenvalue weighted by molar-refractivity contribution is 0.143. The van der Waals surface area contributed by atoms with Crippen LogP contribution in [0.4, 0.5) is 4.79 Å². The summed E-state index contributed by atoms with van der Waals surface area (Å²) in [6.45, 7) is 5.65. The van der Waals surface area contributed by atoms with Crippen molar-refractivity contribution in [2.24, 2.45) is 5.92 Å². The Morgan fingerprint density at radius 1 is 1.43 bits per heavy atom. The number of nitrogens with zero attached hydrogens (tertiary/aromatic N) is 1. The van der Waals surface area contributed by atoms with Crippen molar-refractivity contribution >= 4 is 6.03 Å². The highest BCUT2D eigenvalue weighted by atomic mass is 16.3. The zero-order valence-corrected chi connectivity index (χ0v) is 13.0. The Morgan fingerprint density at radius 3 is 2.76 bits per heavy atom. The van der Waals surface area contributed by atoms with Gasteiger partial charge in [0.05, 0.1) is 12.6 Å². The van der Waals surface area contributed by atoms with Gasteiger partial charge < -0.3 is 15.3 Å². The monoisotopic (exact) mass is 290 g/mol. The molecule has 2 rings (SSSR count). The molecule has 1 fully saturated rings. The minimum Gasteiger partial charge on any atom is -0.394 e. The third-order valence-corrected chi connectivity index (χ3v) is 4.59. The van der Waals surface area contributed by atoms with Gasteiger partial charge in [-0.15, -0.1) is 0 Å². The van der Waals surface area contributed by atoms with Gasteiger partial charge in [0, 0.05) is 19.0 Å². The van der Waals surface area contributed by atoms with Crippen LogP contribution in [0.15, 0.2) is 30.3 Å². The highest BCUT2D eigenvalue weighted by molar-refractivity contribution is 5.75. The first kappa shape index (κ1) is 15.8. The van der Waals surface area contributed by atoms with E-state index in [-0.39, 0.29) is 18.7 Å². The van der Waals surface area contributed by atoms with Crippen molar-refractivity contribution in [2.75, 3.05) is 19.7 Å². The second-order valence-corrected chi connectivity index (χ2v) is 5.91. The maximum atomic E-state index is 12.3. The average molecular weight is 290 g/mol. The molecule has 21 heavy (non-hydrogen) atoms. The van der Waals surface area contributed by atoms with Gasteiger partial charge in [-0.1, -0.05) is 44.2 Å². The standard InChI is InChI=1S/C17H26N2O2/c1-3-14(15-7-5-4-6-8-15)11-18-17(21)19-10-9-13(2)16(19)12-20/h4-8,13-14,16,20H,3,9-12H2,1-2H3,(H,18,21)/t13-,14-,16-/m1/s1. The van der Waals surface area contributed by atoms with E-state index in [2.05, 4.69) is 31.3 Å².